The van der Waals surface area contributed by atoms with Gasteiger partial charge in [-0.2, -0.15) is 0 Å². The van der Waals surface area contributed by atoms with Crippen LogP contribution in [-0.4, -0.2) is 21.7 Å². The van der Waals surface area contributed by atoms with Crippen LogP contribution in [0.2, 0.25) is 5.02 Å². The lowest BCUT2D eigenvalue weighted by Gasteiger charge is -2.18. The van der Waals surface area contributed by atoms with Crippen LogP contribution in [0.25, 0.3) is 0 Å². The Labute approximate surface area is 102 Å². The second kappa shape index (κ2) is 4.24. The second-order valence-electron chi connectivity index (χ2n) is 2.83. The molecule has 0 aliphatic carbocycles. The molecule has 1 aromatic rings. The van der Waals surface area contributed by atoms with Crippen LogP contribution in [0.5, 0.6) is 0 Å². The molecule has 3 nitrogen and oxygen atoms in total. The number of hydrogen-bond donors (Lipinski definition) is 0. The monoisotopic (exact) mass is 345 g/mol. The maximum absolute atomic E-state index is 11.3. The van der Waals surface area contributed by atoms with Crippen LogP contribution in [0.15, 0.2) is 18.2 Å². The lowest BCUT2D eigenvalue weighted by molar-refractivity contribution is 0.600. The van der Waals surface area contributed by atoms with E-state index in [1.54, 1.807) is 18.2 Å². The molecule has 0 atom stereocenters. The van der Waals surface area contributed by atoms with E-state index in [1.165, 1.54) is 11.4 Å². The van der Waals surface area contributed by atoms with E-state index in [-0.39, 0.29) is 0 Å². The molecule has 0 aromatic heterocycles. The van der Waals surface area contributed by atoms with Gasteiger partial charge in [0, 0.05) is 15.6 Å². The van der Waals surface area contributed by atoms with Crippen LogP contribution in [0.4, 0.5) is 5.69 Å². The molecule has 0 saturated heterocycles. The van der Waals surface area contributed by atoms with Crippen LogP contribution in [-0.2, 0) is 10.0 Å². The lowest BCUT2D eigenvalue weighted by Crippen LogP contribution is -2.25. The lowest BCUT2D eigenvalue weighted by atomic mass is 10.3. The van der Waals surface area contributed by atoms with Crippen molar-refractivity contribution in [3.63, 3.8) is 0 Å². The highest BCUT2D eigenvalue weighted by atomic mass is 127. The maximum Gasteiger partial charge on any atom is 0.232 e. The molecule has 0 aliphatic rings. The van der Waals surface area contributed by atoms with Crippen molar-refractivity contribution < 1.29 is 8.42 Å². The Kier molecular flexibility index (Phi) is 3.65. The zero-order chi connectivity index (χ0) is 10.9. The van der Waals surface area contributed by atoms with E-state index >= 15 is 0 Å². The van der Waals surface area contributed by atoms with Crippen LogP contribution < -0.4 is 4.31 Å². The summed E-state index contributed by atoms with van der Waals surface area (Å²) in [5.41, 5.74) is 0.598. The molecular formula is C8H9ClINO2S. The third-order valence-corrected chi connectivity index (χ3v) is 4.08. The summed E-state index contributed by atoms with van der Waals surface area (Å²) in [4.78, 5) is 0. The summed E-state index contributed by atoms with van der Waals surface area (Å²) >= 11 is 7.85. The van der Waals surface area contributed by atoms with Crippen molar-refractivity contribution in [3.05, 3.63) is 26.8 Å². The van der Waals surface area contributed by atoms with Crippen LogP contribution in [0, 0.1) is 3.57 Å². The molecule has 1 aromatic carbocycles. The third-order valence-electron chi connectivity index (χ3n) is 1.74. The first-order valence-corrected chi connectivity index (χ1v) is 7.02. The molecule has 0 heterocycles. The molecule has 0 saturated carbocycles. The van der Waals surface area contributed by atoms with Gasteiger partial charge in [-0.3, -0.25) is 4.31 Å². The predicted octanol–water partition coefficient (Wildman–Crippen LogP) is 2.34. The first kappa shape index (κ1) is 12.1. The van der Waals surface area contributed by atoms with Gasteiger partial charge in [0.15, 0.2) is 0 Å². The number of nitrogens with zero attached hydrogens (tertiary/aromatic N) is 1. The standard InChI is InChI=1S/C8H9ClINO2S/c1-11(14(2,12)13)8-5-6(9)3-4-7(8)10/h3-5H,1-2H3. The minimum atomic E-state index is -3.23. The predicted molar refractivity (Wildman–Crippen MR) is 67.4 cm³/mol. The zero-order valence-electron chi connectivity index (χ0n) is 7.66. The van der Waals surface area contributed by atoms with Gasteiger partial charge in [0.25, 0.3) is 0 Å². The molecule has 0 N–H and O–H groups in total. The summed E-state index contributed by atoms with van der Waals surface area (Å²) < 4.78 is 24.6. The Hall–Kier alpha value is -0.0100. The first-order chi connectivity index (χ1) is 6.32. The van der Waals surface area contributed by atoms with E-state index in [2.05, 4.69) is 22.6 Å². The highest BCUT2D eigenvalue weighted by Gasteiger charge is 2.14. The molecular weight excluding hydrogens is 337 g/mol. The molecule has 1 rings (SSSR count). The average molecular weight is 346 g/mol. The van der Waals surface area contributed by atoms with Crippen LogP contribution in [0.1, 0.15) is 0 Å². The Morgan fingerprint density at radius 3 is 2.50 bits per heavy atom. The van der Waals surface area contributed by atoms with Gasteiger partial charge in [0.05, 0.1) is 11.9 Å². The smallest absolute Gasteiger partial charge is 0.232 e. The van der Waals surface area contributed by atoms with E-state index in [0.717, 1.165) is 9.83 Å². The van der Waals surface area contributed by atoms with E-state index in [0.29, 0.717) is 10.7 Å². The summed E-state index contributed by atoms with van der Waals surface area (Å²) in [7, 11) is -1.72. The quantitative estimate of drug-likeness (QED) is 0.772. The van der Waals surface area contributed by atoms with Gasteiger partial charge in [0.1, 0.15) is 0 Å². The summed E-state index contributed by atoms with van der Waals surface area (Å²) in [6, 6.07) is 5.13. The number of anilines is 1. The number of rotatable bonds is 2. The first-order valence-electron chi connectivity index (χ1n) is 3.71. The molecule has 0 aliphatic heterocycles. The fourth-order valence-corrected chi connectivity index (χ4v) is 2.44. The molecule has 0 fully saturated rings. The van der Waals surface area contributed by atoms with E-state index in [9.17, 15) is 8.42 Å². The van der Waals surface area contributed by atoms with Gasteiger partial charge in [-0.25, -0.2) is 8.42 Å². The number of benzene rings is 1. The van der Waals surface area contributed by atoms with Crippen molar-refractivity contribution >= 4 is 49.9 Å². The Bertz CT molecular complexity index is 447. The summed E-state index contributed by atoms with van der Waals surface area (Å²) in [5.74, 6) is 0. The Morgan fingerprint density at radius 1 is 1.43 bits per heavy atom. The minimum absolute atomic E-state index is 0.524. The summed E-state index contributed by atoms with van der Waals surface area (Å²) in [6.45, 7) is 0. The topological polar surface area (TPSA) is 37.4 Å². The van der Waals surface area contributed by atoms with Gasteiger partial charge in [-0.1, -0.05) is 11.6 Å². The SMILES string of the molecule is CN(c1cc(Cl)ccc1I)S(C)(=O)=O. The van der Waals surface area contributed by atoms with Crippen LogP contribution in [0.3, 0.4) is 0 Å². The van der Waals surface area contributed by atoms with Gasteiger partial charge in [-0.15, -0.1) is 0 Å². The number of hydrogen-bond acceptors (Lipinski definition) is 2. The second-order valence-corrected chi connectivity index (χ2v) is 6.44. The molecule has 78 valence electrons. The Balaban J connectivity index is 3.26. The van der Waals surface area contributed by atoms with E-state index in [1.807, 2.05) is 0 Å². The van der Waals surface area contributed by atoms with Crippen molar-refractivity contribution in [2.75, 3.05) is 17.6 Å². The summed E-state index contributed by atoms with van der Waals surface area (Å²) in [5, 5.41) is 0.524. The minimum Gasteiger partial charge on any atom is -0.272 e. The normalized spacial score (nSPS) is 11.4. The van der Waals surface area contributed by atoms with E-state index in [4.69, 9.17) is 11.6 Å². The third kappa shape index (κ3) is 2.74. The molecule has 0 unspecified atom stereocenters. The number of sulfonamides is 1. The fourth-order valence-electron chi connectivity index (χ4n) is 0.906. The van der Waals surface area contributed by atoms with Gasteiger partial charge >= 0.3 is 0 Å². The largest absolute Gasteiger partial charge is 0.272 e. The molecule has 0 amide bonds. The molecule has 6 heteroatoms. The zero-order valence-corrected chi connectivity index (χ0v) is 11.4. The average Bonchev–Trinajstić information content (AvgIpc) is 2.06. The van der Waals surface area contributed by atoms with Crippen LogP contribution >= 0.6 is 34.2 Å². The fraction of sp³-hybridized carbons (Fsp3) is 0.250. The highest BCUT2D eigenvalue weighted by molar-refractivity contribution is 14.1. The summed E-state index contributed by atoms with van der Waals surface area (Å²) in [6.07, 6.45) is 1.16. The number of halogens is 2. The maximum atomic E-state index is 11.3. The van der Waals surface area contributed by atoms with Gasteiger partial charge < -0.3 is 0 Å². The molecule has 14 heavy (non-hydrogen) atoms. The van der Waals surface area contributed by atoms with Crippen molar-refractivity contribution in [1.29, 1.82) is 0 Å². The molecule has 0 spiro atoms. The van der Waals surface area contributed by atoms with Crippen molar-refractivity contribution in [2.45, 2.75) is 0 Å². The van der Waals surface area contributed by atoms with Crippen molar-refractivity contribution in [3.8, 4) is 0 Å². The molecule has 0 bridgehead atoms. The van der Waals surface area contributed by atoms with E-state index < -0.39 is 10.0 Å². The molecule has 0 radical (unpaired) electrons. The van der Waals surface area contributed by atoms with Crippen molar-refractivity contribution in [2.24, 2.45) is 0 Å². The Morgan fingerprint density at radius 2 is 2.00 bits per heavy atom. The van der Waals surface area contributed by atoms with Gasteiger partial charge in [0.2, 0.25) is 10.0 Å². The van der Waals surface area contributed by atoms with Gasteiger partial charge in [-0.05, 0) is 40.8 Å². The van der Waals surface area contributed by atoms with Crippen molar-refractivity contribution in [1.82, 2.24) is 0 Å². The highest BCUT2D eigenvalue weighted by Crippen LogP contribution is 2.26.